The summed E-state index contributed by atoms with van der Waals surface area (Å²) in [6.45, 7) is 8.19. The lowest BCUT2D eigenvalue weighted by Crippen LogP contribution is -2.18. The van der Waals surface area contributed by atoms with Gasteiger partial charge in [-0.1, -0.05) is 20.8 Å². The maximum absolute atomic E-state index is 13.1. The van der Waals surface area contributed by atoms with Crippen molar-refractivity contribution in [1.29, 1.82) is 0 Å². The van der Waals surface area contributed by atoms with Crippen LogP contribution in [0, 0.1) is 12.7 Å². The Morgan fingerprint density at radius 3 is 2.15 bits per heavy atom. The van der Waals surface area contributed by atoms with Crippen LogP contribution in [0.1, 0.15) is 32.2 Å². The second-order valence-electron chi connectivity index (χ2n) is 5.88. The van der Waals surface area contributed by atoms with Gasteiger partial charge in [0.1, 0.15) is 17.5 Å². The molecule has 0 atom stereocenters. The van der Waals surface area contributed by atoms with Crippen molar-refractivity contribution < 1.29 is 4.39 Å². The van der Waals surface area contributed by atoms with E-state index in [1.807, 2.05) is 14.0 Å². The van der Waals surface area contributed by atoms with Crippen molar-refractivity contribution in [3.05, 3.63) is 41.5 Å². The van der Waals surface area contributed by atoms with Gasteiger partial charge >= 0.3 is 0 Å². The Hall–Kier alpha value is -1.97. The number of rotatable bonds is 2. The second-order valence-corrected chi connectivity index (χ2v) is 5.88. The highest BCUT2D eigenvalue weighted by atomic mass is 19.1. The van der Waals surface area contributed by atoms with E-state index in [1.165, 1.54) is 12.1 Å². The van der Waals surface area contributed by atoms with Crippen LogP contribution in [0.15, 0.2) is 24.3 Å². The van der Waals surface area contributed by atoms with Gasteiger partial charge in [-0.25, -0.2) is 14.4 Å². The Morgan fingerprint density at radius 1 is 1.05 bits per heavy atom. The molecule has 0 aliphatic carbocycles. The number of aromatic nitrogens is 2. The molecule has 20 heavy (non-hydrogen) atoms. The van der Waals surface area contributed by atoms with Crippen molar-refractivity contribution in [2.24, 2.45) is 0 Å². The van der Waals surface area contributed by atoms with Gasteiger partial charge in [-0.05, 0) is 31.2 Å². The average molecular weight is 273 g/mol. The maximum atomic E-state index is 13.1. The normalized spacial score (nSPS) is 11.5. The minimum Gasteiger partial charge on any atom is -0.373 e. The van der Waals surface area contributed by atoms with Gasteiger partial charge in [0.05, 0.1) is 5.69 Å². The summed E-state index contributed by atoms with van der Waals surface area (Å²) in [4.78, 5) is 9.25. The lowest BCUT2D eigenvalue weighted by molar-refractivity contribution is 0.546. The molecule has 0 saturated heterocycles. The molecule has 2 aromatic rings. The first-order chi connectivity index (χ1) is 9.32. The summed E-state index contributed by atoms with van der Waals surface area (Å²) < 4.78 is 13.1. The molecular weight excluding hydrogens is 253 g/mol. The monoisotopic (exact) mass is 273 g/mol. The van der Waals surface area contributed by atoms with Crippen molar-refractivity contribution in [2.45, 2.75) is 33.1 Å². The van der Waals surface area contributed by atoms with E-state index in [0.29, 0.717) is 0 Å². The van der Waals surface area contributed by atoms with Crippen LogP contribution < -0.4 is 5.32 Å². The van der Waals surface area contributed by atoms with Gasteiger partial charge in [0.25, 0.3) is 0 Å². The third kappa shape index (κ3) is 2.79. The second kappa shape index (κ2) is 5.19. The van der Waals surface area contributed by atoms with Gasteiger partial charge in [-0.15, -0.1) is 0 Å². The molecule has 106 valence electrons. The Morgan fingerprint density at radius 2 is 1.65 bits per heavy atom. The fourth-order valence-corrected chi connectivity index (χ4v) is 1.98. The zero-order valence-corrected chi connectivity index (χ0v) is 12.6. The van der Waals surface area contributed by atoms with E-state index < -0.39 is 0 Å². The molecule has 3 nitrogen and oxygen atoms in total. The van der Waals surface area contributed by atoms with Gasteiger partial charge in [0.2, 0.25) is 0 Å². The Kier molecular flexibility index (Phi) is 3.75. The molecule has 0 saturated carbocycles. The molecule has 0 unspecified atom stereocenters. The van der Waals surface area contributed by atoms with Crippen molar-refractivity contribution in [2.75, 3.05) is 12.4 Å². The molecule has 0 radical (unpaired) electrons. The summed E-state index contributed by atoms with van der Waals surface area (Å²) in [6, 6.07) is 6.40. The molecular formula is C16H20FN3. The van der Waals surface area contributed by atoms with Crippen molar-refractivity contribution >= 4 is 5.82 Å². The summed E-state index contributed by atoms with van der Waals surface area (Å²) >= 11 is 0. The first kappa shape index (κ1) is 14.4. The third-order valence-electron chi connectivity index (χ3n) is 3.17. The number of hydrogen-bond donors (Lipinski definition) is 1. The van der Waals surface area contributed by atoms with Gasteiger partial charge in [0.15, 0.2) is 0 Å². The fraction of sp³-hybridized carbons (Fsp3) is 0.375. The van der Waals surface area contributed by atoms with E-state index >= 15 is 0 Å². The first-order valence-electron chi connectivity index (χ1n) is 6.65. The van der Waals surface area contributed by atoms with E-state index in [-0.39, 0.29) is 11.2 Å². The minimum absolute atomic E-state index is 0.145. The lowest BCUT2D eigenvalue weighted by Gasteiger charge is -2.20. The molecule has 0 aliphatic heterocycles. The van der Waals surface area contributed by atoms with Crippen LogP contribution >= 0.6 is 0 Å². The molecule has 2 rings (SSSR count). The summed E-state index contributed by atoms with van der Waals surface area (Å²) in [5, 5.41) is 3.10. The van der Waals surface area contributed by atoms with Crippen LogP contribution in [0.3, 0.4) is 0 Å². The van der Waals surface area contributed by atoms with E-state index in [4.69, 9.17) is 0 Å². The molecule has 1 N–H and O–H groups in total. The number of anilines is 1. The topological polar surface area (TPSA) is 37.8 Å². The number of benzene rings is 1. The van der Waals surface area contributed by atoms with Crippen LogP contribution in [0.4, 0.5) is 10.2 Å². The molecule has 0 spiro atoms. The highest BCUT2D eigenvalue weighted by Gasteiger charge is 2.21. The number of nitrogens with zero attached hydrogens (tertiary/aromatic N) is 2. The molecule has 0 fully saturated rings. The van der Waals surface area contributed by atoms with Crippen molar-refractivity contribution in [3.63, 3.8) is 0 Å². The summed E-state index contributed by atoms with van der Waals surface area (Å²) in [5.41, 5.74) is 2.56. The van der Waals surface area contributed by atoms with Crippen molar-refractivity contribution in [3.8, 4) is 11.3 Å². The minimum atomic E-state index is -0.245. The Labute approximate surface area is 119 Å². The SMILES string of the molecule is CNc1nc(C(C)(C)C)nc(-c2ccc(F)cc2)c1C. The third-order valence-corrected chi connectivity index (χ3v) is 3.17. The van der Waals surface area contributed by atoms with E-state index in [1.54, 1.807) is 12.1 Å². The highest BCUT2D eigenvalue weighted by molar-refractivity contribution is 5.68. The number of halogens is 1. The summed E-state index contributed by atoms with van der Waals surface area (Å²) in [6.07, 6.45) is 0. The van der Waals surface area contributed by atoms with E-state index in [2.05, 4.69) is 36.1 Å². The number of nitrogens with one attached hydrogen (secondary N) is 1. The smallest absolute Gasteiger partial charge is 0.136 e. The summed E-state index contributed by atoms with van der Waals surface area (Å²) in [7, 11) is 1.84. The van der Waals surface area contributed by atoms with Crippen LogP contribution in [0.25, 0.3) is 11.3 Å². The zero-order valence-electron chi connectivity index (χ0n) is 12.6. The standard InChI is InChI=1S/C16H20FN3/c1-10-13(11-6-8-12(17)9-7-11)19-15(16(2,3)4)20-14(10)18-5/h6-9H,1-5H3,(H,18,19,20). The van der Waals surface area contributed by atoms with Crippen LogP contribution in [-0.4, -0.2) is 17.0 Å². The van der Waals surface area contributed by atoms with Crippen LogP contribution in [0.5, 0.6) is 0 Å². The molecule has 0 aliphatic rings. The lowest BCUT2D eigenvalue weighted by atomic mass is 9.95. The largest absolute Gasteiger partial charge is 0.373 e. The molecule has 1 heterocycles. The van der Waals surface area contributed by atoms with Crippen molar-refractivity contribution in [1.82, 2.24) is 9.97 Å². The van der Waals surface area contributed by atoms with Gasteiger partial charge in [0, 0.05) is 23.6 Å². The Balaban J connectivity index is 2.65. The molecule has 0 bridgehead atoms. The molecule has 4 heteroatoms. The van der Waals surface area contributed by atoms with Gasteiger partial charge in [-0.2, -0.15) is 0 Å². The van der Waals surface area contributed by atoms with Gasteiger partial charge in [-0.3, -0.25) is 0 Å². The van der Waals surface area contributed by atoms with Crippen LogP contribution in [-0.2, 0) is 5.41 Å². The van der Waals surface area contributed by atoms with E-state index in [9.17, 15) is 4.39 Å². The average Bonchev–Trinajstić information content (AvgIpc) is 2.39. The zero-order chi connectivity index (χ0) is 14.9. The molecule has 1 aromatic carbocycles. The summed E-state index contributed by atoms with van der Waals surface area (Å²) in [5.74, 6) is 1.33. The quantitative estimate of drug-likeness (QED) is 0.901. The fourth-order valence-electron chi connectivity index (χ4n) is 1.98. The number of hydrogen-bond acceptors (Lipinski definition) is 3. The van der Waals surface area contributed by atoms with Gasteiger partial charge < -0.3 is 5.32 Å². The predicted octanol–water partition coefficient (Wildman–Crippen LogP) is 3.93. The Bertz CT molecular complexity index is 613. The van der Waals surface area contributed by atoms with E-state index in [0.717, 1.165) is 28.5 Å². The highest BCUT2D eigenvalue weighted by Crippen LogP contribution is 2.29. The molecule has 1 aromatic heterocycles. The predicted molar refractivity (Wildman–Crippen MR) is 80.4 cm³/mol. The molecule has 0 amide bonds. The maximum Gasteiger partial charge on any atom is 0.136 e. The van der Waals surface area contributed by atoms with Crippen LogP contribution in [0.2, 0.25) is 0 Å². The first-order valence-corrected chi connectivity index (χ1v) is 6.65.